The molecule has 1 aliphatic heterocycles. The van der Waals surface area contributed by atoms with Crippen molar-refractivity contribution in [1.82, 2.24) is 4.98 Å². The molecule has 0 atom stereocenters. The number of aromatic nitrogens is 1. The van der Waals surface area contributed by atoms with Crippen molar-refractivity contribution in [2.24, 2.45) is 5.92 Å². The van der Waals surface area contributed by atoms with Crippen LogP contribution in [0, 0.1) is 23.0 Å². The van der Waals surface area contributed by atoms with Gasteiger partial charge in [-0.05, 0) is 38.0 Å². The topological polar surface area (TPSA) is 88.4 Å². The number of fused-ring (bicyclic) bond motifs is 1. The molecule has 0 aliphatic carbocycles. The first-order chi connectivity index (χ1) is 14.0. The van der Waals surface area contributed by atoms with E-state index in [2.05, 4.69) is 15.2 Å². The van der Waals surface area contributed by atoms with Gasteiger partial charge in [-0.3, -0.25) is 14.9 Å². The van der Waals surface area contributed by atoms with Crippen molar-refractivity contribution < 1.29 is 9.72 Å². The van der Waals surface area contributed by atoms with E-state index in [4.69, 9.17) is 0 Å². The summed E-state index contributed by atoms with van der Waals surface area (Å²) in [5, 5.41) is 15.1. The fraction of sp³-hybridized carbons (Fsp3) is 0.273. The molecular weight excluding hydrogens is 368 g/mol. The Morgan fingerprint density at radius 2 is 1.86 bits per heavy atom. The van der Waals surface area contributed by atoms with Crippen LogP contribution in [0.2, 0.25) is 0 Å². The molecule has 0 bridgehead atoms. The number of amides is 1. The van der Waals surface area contributed by atoms with Crippen molar-refractivity contribution in [3.63, 3.8) is 0 Å². The fourth-order valence-electron chi connectivity index (χ4n) is 3.90. The van der Waals surface area contributed by atoms with Gasteiger partial charge in [0.2, 0.25) is 5.91 Å². The molecule has 0 saturated carbocycles. The summed E-state index contributed by atoms with van der Waals surface area (Å²) in [6, 6.07) is 16.5. The first-order valence-corrected chi connectivity index (χ1v) is 9.68. The zero-order chi connectivity index (χ0) is 20.4. The number of rotatable bonds is 4. The number of anilines is 2. The number of nitro groups is 1. The highest BCUT2D eigenvalue weighted by Gasteiger charge is 2.27. The molecule has 148 valence electrons. The smallest absolute Gasteiger partial charge is 0.295 e. The van der Waals surface area contributed by atoms with E-state index >= 15 is 0 Å². The Hall–Kier alpha value is -3.48. The number of nitrogens with zero attached hydrogens (tertiary/aromatic N) is 3. The summed E-state index contributed by atoms with van der Waals surface area (Å²) >= 11 is 0. The number of nitro benzene ring substituents is 1. The number of aryl methyl sites for hydroxylation is 1. The number of para-hydroxylation sites is 2. The summed E-state index contributed by atoms with van der Waals surface area (Å²) < 4.78 is 0. The Balaban J connectivity index is 1.53. The lowest BCUT2D eigenvalue weighted by Gasteiger charge is -2.33. The van der Waals surface area contributed by atoms with Crippen LogP contribution in [0.25, 0.3) is 10.9 Å². The molecule has 1 fully saturated rings. The van der Waals surface area contributed by atoms with Gasteiger partial charge in [0.15, 0.2) is 5.52 Å². The normalized spacial score (nSPS) is 14.7. The quantitative estimate of drug-likeness (QED) is 0.530. The molecule has 2 aromatic carbocycles. The SMILES string of the molecule is Cc1cc(N2CCC(C(=O)Nc3ccccc3)CC2)c2cccc([N+](=O)[O-])c2n1. The van der Waals surface area contributed by atoms with Crippen molar-refractivity contribution in [3.05, 3.63) is 70.4 Å². The highest BCUT2D eigenvalue weighted by Crippen LogP contribution is 2.34. The molecule has 1 aromatic heterocycles. The van der Waals surface area contributed by atoms with Gasteiger partial charge >= 0.3 is 0 Å². The maximum atomic E-state index is 12.6. The van der Waals surface area contributed by atoms with Crippen LogP contribution >= 0.6 is 0 Å². The number of hydrogen-bond donors (Lipinski definition) is 1. The van der Waals surface area contributed by atoms with Crippen molar-refractivity contribution in [1.29, 1.82) is 0 Å². The number of piperidine rings is 1. The minimum atomic E-state index is -0.390. The van der Waals surface area contributed by atoms with Crippen molar-refractivity contribution in [2.45, 2.75) is 19.8 Å². The minimum Gasteiger partial charge on any atom is -0.371 e. The third kappa shape index (κ3) is 3.89. The van der Waals surface area contributed by atoms with Gasteiger partial charge in [-0.1, -0.05) is 30.3 Å². The zero-order valence-corrected chi connectivity index (χ0v) is 16.2. The predicted octanol–water partition coefficient (Wildman–Crippen LogP) is 4.31. The van der Waals surface area contributed by atoms with E-state index < -0.39 is 4.92 Å². The van der Waals surface area contributed by atoms with E-state index in [1.54, 1.807) is 6.07 Å². The summed E-state index contributed by atoms with van der Waals surface area (Å²) in [5.74, 6) is -0.00255. The van der Waals surface area contributed by atoms with E-state index in [1.807, 2.05) is 49.4 Å². The van der Waals surface area contributed by atoms with Crippen LogP contribution in [0.4, 0.5) is 17.1 Å². The highest BCUT2D eigenvalue weighted by molar-refractivity contribution is 5.97. The van der Waals surface area contributed by atoms with Gasteiger partial charge in [0.05, 0.1) is 4.92 Å². The summed E-state index contributed by atoms with van der Waals surface area (Å²) in [6.07, 6.45) is 1.47. The first kappa shape index (κ1) is 18.9. The van der Waals surface area contributed by atoms with Crippen LogP contribution in [0.1, 0.15) is 18.5 Å². The number of non-ortho nitro benzene ring substituents is 1. The third-order valence-corrected chi connectivity index (χ3v) is 5.37. The summed E-state index contributed by atoms with van der Waals surface area (Å²) in [6.45, 7) is 3.28. The Morgan fingerprint density at radius 1 is 1.14 bits per heavy atom. The first-order valence-electron chi connectivity index (χ1n) is 9.68. The lowest BCUT2D eigenvalue weighted by Crippen LogP contribution is -2.38. The Bertz CT molecular complexity index is 1060. The summed E-state index contributed by atoms with van der Waals surface area (Å²) in [7, 11) is 0. The maximum Gasteiger partial charge on any atom is 0.295 e. The van der Waals surface area contributed by atoms with Crippen molar-refractivity contribution in [3.8, 4) is 0 Å². The second-order valence-electron chi connectivity index (χ2n) is 7.33. The van der Waals surface area contributed by atoms with Gasteiger partial charge in [0.1, 0.15) is 0 Å². The second-order valence-corrected chi connectivity index (χ2v) is 7.33. The largest absolute Gasteiger partial charge is 0.371 e. The number of nitrogens with one attached hydrogen (secondary N) is 1. The molecule has 1 N–H and O–H groups in total. The van der Waals surface area contributed by atoms with Gasteiger partial charge in [-0.25, -0.2) is 4.98 Å². The molecule has 0 spiro atoms. The van der Waals surface area contributed by atoms with E-state index in [0.29, 0.717) is 18.6 Å². The van der Waals surface area contributed by atoms with Crippen LogP contribution < -0.4 is 10.2 Å². The van der Waals surface area contributed by atoms with Gasteiger partial charge in [-0.2, -0.15) is 0 Å². The summed E-state index contributed by atoms with van der Waals surface area (Å²) in [5.41, 5.74) is 2.92. The van der Waals surface area contributed by atoms with Gasteiger partial charge in [-0.15, -0.1) is 0 Å². The molecule has 0 unspecified atom stereocenters. The van der Waals surface area contributed by atoms with Crippen LogP contribution in [-0.4, -0.2) is 28.9 Å². The third-order valence-electron chi connectivity index (χ3n) is 5.37. The molecule has 0 radical (unpaired) electrons. The van der Waals surface area contributed by atoms with E-state index in [0.717, 1.165) is 35.3 Å². The average Bonchev–Trinajstić information content (AvgIpc) is 2.73. The van der Waals surface area contributed by atoms with Crippen molar-refractivity contribution >= 4 is 33.9 Å². The standard InChI is InChI=1S/C22H22N4O3/c1-15-14-20(18-8-5-9-19(26(28)29)21(18)23-15)25-12-10-16(11-13-25)22(27)24-17-6-3-2-4-7-17/h2-9,14,16H,10-13H2,1H3,(H,24,27). The van der Waals surface area contributed by atoms with Gasteiger partial charge in [0, 0.05) is 47.5 Å². The molecular formula is C22H22N4O3. The molecule has 1 aliphatic rings. The Labute approximate surface area is 168 Å². The molecule has 7 heteroatoms. The van der Waals surface area contributed by atoms with Crippen LogP contribution in [-0.2, 0) is 4.79 Å². The highest BCUT2D eigenvalue weighted by atomic mass is 16.6. The molecule has 7 nitrogen and oxygen atoms in total. The monoisotopic (exact) mass is 390 g/mol. The van der Waals surface area contributed by atoms with Gasteiger partial charge < -0.3 is 10.2 Å². The number of benzene rings is 2. The van der Waals surface area contributed by atoms with Crippen molar-refractivity contribution in [2.75, 3.05) is 23.3 Å². The second kappa shape index (κ2) is 7.87. The molecule has 2 heterocycles. The lowest BCUT2D eigenvalue weighted by atomic mass is 9.95. The van der Waals surface area contributed by atoms with Crippen LogP contribution in [0.3, 0.4) is 0 Å². The summed E-state index contributed by atoms with van der Waals surface area (Å²) in [4.78, 5) is 30.2. The molecule has 3 aromatic rings. The number of pyridine rings is 1. The fourth-order valence-corrected chi connectivity index (χ4v) is 3.90. The van der Waals surface area contributed by atoms with Crippen LogP contribution in [0.5, 0.6) is 0 Å². The Morgan fingerprint density at radius 3 is 2.55 bits per heavy atom. The van der Waals surface area contributed by atoms with E-state index in [1.165, 1.54) is 6.07 Å². The minimum absolute atomic E-state index is 0.0181. The maximum absolute atomic E-state index is 12.6. The zero-order valence-electron chi connectivity index (χ0n) is 16.2. The van der Waals surface area contributed by atoms with E-state index in [9.17, 15) is 14.9 Å². The number of carbonyl (C=O) groups is 1. The molecule has 1 saturated heterocycles. The number of carbonyl (C=O) groups excluding carboxylic acids is 1. The molecule has 29 heavy (non-hydrogen) atoms. The van der Waals surface area contributed by atoms with E-state index in [-0.39, 0.29) is 17.5 Å². The van der Waals surface area contributed by atoms with Crippen LogP contribution in [0.15, 0.2) is 54.6 Å². The average molecular weight is 390 g/mol. The van der Waals surface area contributed by atoms with Gasteiger partial charge in [0.25, 0.3) is 5.69 Å². The Kier molecular flexibility index (Phi) is 5.12. The molecule has 1 amide bonds. The number of hydrogen-bond acceptors (Lipinski definition) is 5. The lowest BCUT2D eigenvalue weighted by molar-refractivity contribution is -0.383. The molecule has 4 rings (SSSR count). The predicted molar refractivity (Wildman–Crippen MR) is 113 cm³/mol.